The van der Waals surface area contributed by atoms with Gasteiger partial charge >= 0.3 is 0 Å². The van der Waals surface area contributed by atoms with E-state index in [1.807, 2.05) is 18.7 Å². The zero-order valence-corrected chi connectivity index (χ0v) is 15.8. The maximum atomic E-state index is 12.8. The number of amides is 1. The van der Waals surface area contributed by atoms with E-state index in [2.05, 4.69) is 4.98 Å². The first-order valence-corrected chi connectivity index (χ1v) is 10.1. The standard InChI is InChI=1S/C19H25N3O2S/c1-12-13(2)25-18-17(12)19(24)22(11-20-18)10-16(23)21-8-7-14-5-3-4-6-15(14)9-21/h11,14-15H,3-10H2,1-2H3/t14-,15+/m1/s1. The van der Waals surface area contributed by atoms with Crippen LogP contribution >= 0.6 is 11.3 Å². The Hall–Kier alpha value is -1.69. The average molecular weight is 359 g/mol. The number of aryl methyl sites for hydroxylation is 2. The molecule has 2 atom stereocenters. The van der Waals surface area contributed by atoms with Gasteiger partial charge in [-0.1, -0.05) is 19.3 Å². The number of hydrogen-bond acceptors (Lipinski definition) is 4. The van der Waals surface area contributed by atoms with E-state index in [-0.39, 0.29) is 18.0 Å². The van der Waals surface area contributed by atoms with Crippen molar-refractivity contribution in [3.05, 3.63) is 27.1 Å². The minimum atomic E-state index is -0.0900. The predicted molar refractivity (Wildman–Crippen MR) is 100.0 cm³/mol. The molecule has 2 aromatic rings. The molecule has 6 heteroatoms. The zero-order valence-electron chi connectivity index (χ0n) is 15.0. The molecule has 1 saturated heterocycles. The highest BCUT2D eigenvalue weighted by molar-refractivity contribution is 7.18. The smallest absolute Gasteiger partial charge is 0.262 e. The monoisotopic (exact) mass is 359 g/mol. The van der Waals surface area contributed by atoms with Crippen molar-refractivity contribution in [1.82, 2.24) is 14.5 Å². The van der Waals surface area contributed by atoms with E-state index < -0.39 is 0 Å². The van der Waals surface area contributed by atoms with Crippen LogP contribution in [0.5, 0.6) is 0 Å². The fraction of sp³-hybridized carbons (Fsp3) is 0.632. The Labute approximate surface area is 151 Å². The van der Waals surface area contributed by atoms with Gasteiger partial charge in [0.15, 0.2) is 0 Å². The third-order valence-corrected chi connectivity index (χ3v) is 7.22. The summed E-state index contributed by atoms with van der Waals surface area (Å²) in [7, 11) is 0. The van der Waals surface area contributed by atoms with Crippen LogP contribution in [0.25, 0.3) is 10.2 Å². The van der Waals surface area contributed by atoms with Gasteiger partial charge in [0, 0.05) is 18.0 Å². The number of nitrogens with zero attached hydrogens (tertiary/aromatic N) is 3. The molecule has 25 heavy (non-hydrogen) atoms. The minimum absolute atomic E-state index is 0.0527. The lowest BCUT2D eigenvalue weighted by atomic mass is 9.75. The summed E-state index contributed by atoms with van der Waals surface area (Å²) in [6.07, 6.45) is 7.85. The summed E-state index contributed by atoms with van der Waals surface area (Å²) in [6.45, 7) is 5.77. The fourth-order valence-electron chi connectivity index (χ4n) is 4.46. The van der Waals surface area contributed by atoms with Gasteiger partial charge in [-0.25, -0.2) is 4.98 Å². The van der Waals surface area contributed by atoms with Crippen molar-refractivity contribution in [3.8, 4) is 0 Å². The summed E-state index contributed by atoms with van der Waals surface area (Å²) in [5.41, 5.74) is 0.898. The third-order valence-electron chi connectivity index (χ3n) is 6.11. The number of hydrogen-bond donors (Lipinski definition) is 0. The second-order valence-corrected chi connectivity index (χ2v) is 8.78. The molecule has 0 bridgehead atoms. The molecule has 2 fully saturated rings. The Morgan fingerprint density at radius 1 is 1.24 bits per heavy atom. The molecule has 0 spiro atoms. The number of aromatic nitrogens is 2. The Morgan fingerprint density at radius 3 is 2.80 bits per heavy atom. The van der Waals surface area contributed by atoms with Gasteiger partial charge in [0.1, 0.15) is 11.4 Å². The molecule has 1 aliphatic heterocycles. The van der Waals surface area contributed by atoms with Crippen molar-refractivity contribution in [2.24, 2.45) is 11.8 Å². The van der Waals surface area contributed by atoms with Crippen LogP contribution in [0.2, 0.25) is 0 Å². The summed E-state index contributed by atoms with van der Waals surface area (Å²) in [4.78, 5) is 33.8. The normalized spacial score (nSPS) is 23.7. The Bertz CT molecular complexity index is 869. The van der Waals surface area contributed by atoms with Crippen LogP contribution in [-0.2, 0) is 11.3 Å². The largest absolute Gasteiger partial charge is 0.341 e. The summed E-state index contributed by atoms with van der Waals surface area (Å²) in [5, 5.41) is 0.670. The van der Waals surface area contributed by atoms with Gasteiger partial charge in [-0.05, 0) is 44.1 Å². The van der Waals surface area contributed by atoms with Crippen molar-refractivity contribution in [1.29, 1.82) is 0 Å². The number of thiophene rings is 1. The Kier molecular flexibility index (Phi) is 4.40. The van der Waals surface area contributed by atoms with E-state index in [9.17, 15) is 9.59 Å². The summed E-state index contributed by atoms with van der Waals surface area (Å²) in [5.74, 6) is 1.51. The van der Waals surface area contributed by atoms with E-state index in [1.165, 1.54) is 36.6 Å². The molecule has 1 saturated carbocycles. The van der Waals surface area contributed by atoms with Gasteiger partial charge in [-0.2, -0.15) is 0 Å². The average Bonchev–Trinajstić information content (AvgIpc) is 2.92. The SMILES string of the molecule is Cc1sc2ncn(CC(=O)N3CC[C@H]4CCCC[C@H]4C3)c(=O)c2c1C. The minimum Gasteiger partial charge on any atom is -0.341 e. The quantitative estimate of drug-likeness (QED) is 0.828. The number of likely N-dealkylation sites (tertiary alicyclic amines) is 1. The number of fused-ring (bicyclic) bond motifs is 2. The van der Waals surface area contributed by atoms with Crippen LogP contribution < -0.4 is 5.56 Å². The number of carbonyl (C=O) groups excluding carboxylic acids is 1. The molecule has 134 valence electrons. The van der Waals surface area contributed by atoms with Crippen LogP contribution in [0.3, 0.4) is 0 Å². The molecule has 0 N–H and O–H groups in total. The van der Waals surface area contributed by atoms with E-state index in [1.54, 1.807) is 11.3 Å². The van der Waals surface area contributed by atoms with Crippen LogP contribution in [-0.4, -0.2) is 33.4 Å². The molecule has 0 radical (unpaired) electrons. The molecule has 4 rings (SSSR count). The van der Waals surface area contributed by atoms with Crippen molar-refractivity contribution in [2.45, 2.75) is 52.5 Å². The van der Waals surface area contributed by atoms with Crippen LogP contribution in [0.4, 0.5) is 0 Å². The number of rotatable bonds is 2. The van der Waals surface area contributed by atoms with Gasteiger partial charge in [-0.3, -0.25) is 14.2 Å². The van der Waals surface area contributed by atoms with E-state index in [4.69, 9.17) is 0 Å². The first-order chi connectivity index (χ1) is 12.0. The van der Waals surface area contributed by atoms with Crippen molar-refractivity contribution in [3.63, 3.8) is 0 Å². The number of piperidine rings is 1. The van der Waals surface area contributed by atoms with Crippen LogP contribution in [0.1, 0.15) is 42.5 Å². The second kappa shape index (κ2) is 6.56. The second-order valence-electron chi connectivity index (χ2n) is 7.57. The zero-order chi connectivity index (χ0) is 17.6. The van der Waals surface area contributed by atoms with Crippen LogP contribution in [0.15, 0.2) is 11.1 Å². The van der Waals surface area contributed by atoms with Crippen molar-refractivity contribution >= 4 is 27.5 Å². The van der Waals surface area contributed by atoms with Gasteiger partial charge in [0.2, 0.25) is 5.91 Å². The lowest BCUT2D eigenvalue weighted by Gasteiger charge is -2.41. The maximum Gasteiger partial charge on any atom is 0.262 e. The highest BCUT2D eigenvalue weighted by Crippen LogP contribution is 2.36. The van der Waals surface area contributed by atoms with Crippen LogP contribution in [0, 0.1) is 25.7 Å². The molecule has 1 amide bonds. The summed E-state index contributed by atoms with van der Waals surface area (Å²) >= 11 is 1.54. The molecule has 5 nitrogen and oxygen atoms in total. The van der Waals surface area contributed by atoms with E-state index in [0.717, 1.165) is 40.7 Å². The maximum absolute atomic E-state index is 12.8. The molecule has 0 unspecified atom stereocenters. The molecule has 2 aromatic heterocycles. The Balaban J connectivity index is 1.53. The third kappa shape index (κ3) is 3.01. The number of carbonyl (C=O) groups is 1. The first kappa shape index (κ1) is 16.8. The topological polar surface area (TPSA) is 55.2 Å². The summed E-state index contributed by atoms with van der Waals surface area (Å²) in [6, 6.07) is 0. The summed E-state index contributed by atoms with van der Waals surface area (Å²) < 4.78 is 1.48. The highest BCUT2D eigenvalue weighted by atomic mass is 32.1. The van der Waals surface area contributed by atoms with Gasteiger partial charge in [0.25, 0.3) is 5.56 Å². The van der Waals surface area contributed by atoms with Gasteiger partial charge < -0.3 is 4.90 Å². The molecular formula is C19H25N3O2S. The molecule has 1 aliphatic carbocycles. The highest BCUT2D eigenvalue weighted by Gasteiger charge is 2.33. The molecule has 2 aliphatic rings. The Morgan fingerprint density at radius 2 is 2.00 bits per heavy atom. The predicted octanol–water partition coefficient (Wildman–Crippen LogP) is 3.11. The fourth-order valence-corrected chi connectivity index (χ4v) is 5.44. The molecule has 0 aromatic carbocycles. The lowest BCUT2D eigenvalue weighted by Crippen LogP contribution is -2.46. The first-order valence-electron chi connectivity index (χ1n) is 9.27. The van der Waals surface area contributed by atoms with E-state index in [0.29, 0.717) is 11.3 Å². The lowest BCUT2D eigenvalue weighted by molar-refractivity contribution is -0.135. The van der Waals surface area contributed by atoms with Crippen molar-refractivity contribution in [2.75, 3.05) is 13.1 Å². The van der Waals surface area contributed by atoms with Gasteiger partial charge in [0.05, 0.1) is 11.7 Å². The van der Waals surface area contributed by atoms with Crippen molar-refractivity contribution < 1.29 is 4.79 Å². The van der Waals surface area contributed by atoms with Gasteiger partial charge in [-0.15, -0.1) is 11.3 Å². The van der Waals surface area contributed by atoms with E-state index >= 15 is 0 Å². The molecule has 3 heterocycles. The molecular weight excluding hydrogens is 334 g/mol.